The highest BCUT2D eigenvalue weighted by Gasteiger charge is 2.25. The molecule has 0 aliphatic carbocycles. The van der Waals surface area contributed by atoms with Gasteiger partial charge >= 0.3 is 0 Å². The van der Waals surface area contributed by atoms with Crippen molar-refractivity contribution in [3.63, 3.8) is 0 Å². The number of benzene rings is 5. The summed E-state index contributed by atoms with van der Waals surface area (Å²) < 4.78 is 23.1. The molecule has 2 amide bonds. The Morgan fingerprint density at radius 3 is 2.12 bits per heavy atom. The van der Waals surface area contributed by atoms with Gasteiger partial charge in [0.05, 0.1) is 57.6 Å². The summed E-state index contributed by atoms with van der Waals surface area (Å²) in [6.45, 7) is 10.4. The molecule has 0 unspecified atom stereocenters. The van der Waals surface area contributed by atoms with Gasteiger partial charge < -0.3 is 44.5 Å². The fourth-order valence-corrected chi connectivity index (χ4v) is 8.35. The van der Waals surface area contributed by atoms with Gasteiger partial charge in [0.25, 0.3) is 0 Å². The lowest BCUT2D eigenvalue weighted by Crippen LogP contribution is -2.49. The molecule has 358 valence electrons. The molecule has 0 radical (unpaired) electrons. The minimum atomic E-state index is -0.199. The number of fused-ring (bicyclic) bond motifs is 2. The third-order valence-corrected chi connectivity index (χ3v) is 12.2. The highest BCUT2D eigenvalue weighted by Crippen LogP contribution is 2.38. The third-order valence-electron chi connectivity index (χ3n) is 11.9. The van der Waals surface area contributed by atoms with Crippen LogP contribution in [0.15, 0.2) is 126 Å². The first-order chi connectivity index (χ1) is 33.2. The molecule has 14 heteroatoms. The Bertz CT molecular complexity index is 2460. The molecular weight excluding hydrogens is 880 g/mol. The zero-order chi connectivity index (χ0) is 47.5. The Hall–Kier alpha value is -6.22. The summed E-state index contributed by atoms with van der Waals surface area (Å²) >= 11 is 6.32. The molecule has 5 aromatic rings. The predicted molar refractivity (Wildman–Crippen MR) is 270 cm³/mol. The number of amidine groups is 1. The van der Waals surface area contributed by atoms with Gasteiger partial charge in [0.1, 0.15) is 23.9 Å². The largest absolute Gasteiger partial charge is 0.508 e. The predicted octanol–water partition coefficient (Wildman–Crippen LogP) is 8.65. The maximum Gasteiger partial charge on any atom is 0.222 e. The molecule has 0 saturated carbocycles. The van der Waals surface area contributed by atoms with Gasteiger partial charge in [-0.15, -0.1) is 0 Å². The maximum atomic E-state index is 12.8. The van der Waals surface area contributed by atoms with Crippen LogP contribution in [0, 0.1) is 0 Å². The first-order valence-corrected chi connectivity index (χ1v) is 23.9. The Balaban J connectivity index is 0.698. The average Bonchev–Trinajstić information content (AvgIpc) is 3.53. The van der Waals surface area contributed by atoms with Crippen LogP contribution in [-0.2, 0) is 23.8 Å². The lowest BCUT2D eigenvalue weighted by molar-refractivity contribution is -0.132. The van der Waals surface area contributed by atoms with Gasteiger partial charge in [0, 0.05) is 75.4 Å². The van der Waals surface area contributed by atoms with Crippen LogP contribution in [0.25, 0.3) is 11.1 Å². The number of hydrogen-bond acceptors (Lipinski definition) is 11. The summed E-state index contributed by atoms with van der Waals surface area (Å²) in [5, 5.41) is 16.9. The normalized spacial score (nSPS) is 13.9. The van der Waals surface area contributed by atoms with Gasteiger partial charge in [0.15, 0.2) is 0 Å². The van der Waals surface area contributed by atoms with E-state index in [4.69, 9.17) is 35.5 Å². The first-order valence-electron chi connectivity index (χ1n) is 23.5. The molecule has 1 saturated heterocycles. The molecule has 68 heavy (non-hydrogen) atoms. The topological polar surface area (TPSA) is 137 Å². The molecule has 2 aliphatic rings. The van der Waals surface area contributed by atoms with Crippen molar-refractivity contribution in [2.45, 2.75) is 26.2 Å². The van der Waals surface area contributed by atoms with Gasteiger partial charge in [-0.05, 0) is 88.9 Å². The quantitative estimate of drug-likeness (QED) is 0.0431. The number of hydrogen-bond donors (Lipinski definition) is 3. The number of amides is 2. The molecule has 0 spiro atoms. The fourth-order valence-electron chi connectivity index (χ4n) is 8.18. The summed E-state index contributed by atoms with van der Waals surface area (Å²) in [6.07, 6.45) is 1.03. The Labute approximate surface area is 405 Å². The van der Waals surface area contributed by atoms with Crippen molar-refractivity contribution in [1.82, 2.24) is 20.0 Å². The standard InChI is InChI=1S/C54H63ClN6O7/c1-3-46(40-9-5-4-6-10-40)53(41-13-18-44(62)19-14-41)42-15-20-45(21-16-42)68-34-30-59(2)52(64)24-23-51(63)56-25-32-65-35-37-67-38-36-66-33-31-60-26-28-61(29-27-60)54-47-11-7-8-12-48(47)57-49-22-17-43(55)39-50(49)58-54/h4-22,39,57,62H,3,23-38H2,1-2H3,(H,56,63)/b53-46+. The molecule has 0 bridgehead atoms. The first kappa shape index (κ1) is 49.7. The molecule has 13 nitrogen and oxygen atoms in total. The molecule has 0 atom stereocenters. The van der Waals surface area contributed by atoms with Crippen LogP contribution in [0.4, 0.5) is 17.1 Å². The fraction of sp³-hybridized carbons (Fsp3) is 0.352. The number of aromatic hydroxyl groups is 1. The molecule has 1 fully saturated rings. The molecular formula is C54H63ClN6O7. The van der Waals surface area contributed by atoms with Crippen molar-refractivity contribution in [2.75, 3.05) is 104 Å². The molecule has 7 rings (SSSR count). The van der Waals surface area contributed by atoms with E-state index in [1.165, 1.54) is 5.57 Å². The third kappa shape index (κ3) is 14.4. The van der Waals surface area contributed by atoms with Crippen molar-refractivity contribution in [3.05, 3.63) is 149 Å². The summed E-state index contributed by atoms with van der Waals surface area (Å²) in [7, 11) is 1.71. The second kappa shape index (κ2) is 25.8. The number of anilines is 2. The van der Waals surface area contributed by atoms with Crippen LogP contribution in [-0.4, -0.2) is 137 Å². The number of halogens is 1. The highest BCUT2D eigenvalue weighted by atomic mass is 35.5. The van der Waals surface area contributed by atoms with Crippen molar-refractivity contribution < 1.29 is 33.6 Å². The Morgan fingerprint density at radius 2 is 1.40 bits per heavy atom. The smallest absolute Gasteiger partial charge is 0.222 e. The van der Waals surface area contributed by atoms with Crippen molar-refractivity contribution in [1.29, 1.82) is 0 Å². The van der Waals surface area contributed by atoms with Gasteiger partial charge in [0.2, 0.25) is 11.8 Å². The molecule has 0 aromatic heterocycles. The van der Waals surface area contributed by atoms with E-state index in [0.717, 1.165) is 89.9 Å². The van der Waals surface area contributed by atoms with Gasteiger partial charge in [-0.25, -0.2) is 4.99 Å². The number of nitrogens with one attached hydrogen (secondary N) is 2. The van der Waals surface area contributed by atoms with Gasteiger partial charge in [-0.1, -0.05) is 85.3 Å². The minimum Gasteiger partial charge on any atom is -0.508 e. The summed E-state index contributed by atoms with van der Waals surface area (Å²) in [6, 6.07) is 39.6. The number of piperazine rings is 1. The number of nitrogens with zero attached hydrogens (tertiary/aromatic N) is 4. The summed E-state index contributed by atoms with van der Waals surface area (Å²) in [5.41, 5.74) is 9.38. The van der Waals surface area contributed by atoms with Crippen molar-refractivity contribution >= 4 is 57.5 Å². The number of ether oxygens (including phenoxy) is 4. The van der Waals surface area contributed by atoms with Crippen LogP contribution in [0.2, 0.25) is 5.02 Å². The monoisotopic (exact) mass is 942 g/mol. The second-order valence-electron chi connectivity index (χ2n) is 16.6. The van der Waals surface area contributed by atoms with Crippen LogP contribution in [0.1, 0.15) is 48.4 Å². The minimum absolute atomic E-state index is 0.0959. The number of likely N-dealkylation sites (N-methyl/N-ethyl adjacent to an activating group) is 1. The molecule has 2 heterocycles. The Morgan fingerprint density at radius 1 is 0.735 bits per heavy atom. The van der Waals surface area contributed by atoms with Crippen LogP contribution in [0.5, 0.6) is 11.5 Å². The highest BCUT2D eigenvalue weighted by molar-refractivity contribution is 6.31. The van der Waals surface area contributed by atoms with Crippen molar-refractivity contribution in [2.24, 2.45) is 4.99 Å². The Kier molecular flexibility index (Phi) is 18.8. The van der Waals surface area contributed by atoms with E-state index in [1.807, 2.05) is 84.9 Å². The van der Waals surface area contributed by atoms with Crippen LogP contribution >= 0.6 is 11.6 Å². The number of phenols is 1. The summed E-state index contributed by atoms with van der Waals surface area (Å²) in [4.78, 5) is 36.6. The number of carbonyl (C=O) groups is 2. The van der Waals surface area contributed by atoms with Crippen molar-refractivity contribution in [3.8, 4) is 11.5 Å². The lowest BCUT2D eigenvalue weighted by atomic mass is 9.88. The maximum absolute atomic E-state index is 12.8. The molecule has 5 aromatic carbocycles. The van der Waals surface area contributed by atoms with Gasteiger partial charge in [-0.3, -0.25) is 14.5 Å². The van der Waals surface area contributed by atoms with Gasteiger partial charge in [-0.2, -0.15) is 0 Å². The number of carbonyl (C=O) groups excluding carboxylic acids is 2. The van der Waals surface area contributed by atoms with E-state index < -0.39 is 0 Å². The van der Waals surface area contributed by atoms with Crippen LogP contribution in [0.3, 0.4) is 0 Å². The number of rotatable bonds is 23. The second-order valence-corrected chi connectivity index (χ2v) is 17.0. The van der Waals surface area contributed by atoms with E-state index in [2.05, 4.69) is 51.6 Å². The average molecular weight is 944 g/mol. The number of allylic oxidation sites excluding steroid dienone is 1. The zero-order valence-electron chi connectivity index (χ0n) is 39.1. The molecule has 2 aliphatic heterocycles. The van der Waals surface area contributed by atoms with Crippen LogP contribution < -0.4 is 15.4 Å². The SMILES string of the molecule is CC/C(=C(/c1ccc(O)cc1)c1ccc(OCCN(C)C(=O)CCC(=O)NCCOCCOCCOCCN2CCN(C3=Nc4cc(Cl)ccc4Nc4ccccc43)CC2)cc1)c1ccccc1. The number of phenolic OH excluding ortho intramolecular Hbond substituents is 1. The van der Waals surface area contributed by atoms with E-state index in [-0.39, 0.29) is 30.4 Å². The number of para-hydroxylation sites is 1. The lowest BCUT2D eigenvalue weighted by Gasteiger charge is -2.36. The molecule has 3 N–H and O–H groups in total. The zero-order valence-corrected chi connectivity index (χ0v) is 39.9. The van der Waals surface area contributed by atoms with E-state index in [0.29, 0.717) is 70.1 Å². The van der Waals surface area contributed by atoms with E-state index >= 15 is 0 Å². The van der Waals surface area contributed by atoms with E-state index in [9.17, 15) is 14.7 Å². The summed E-state index contributed by atoms with van der Waals surface area (Å²) in [5.74, 6) is 1.55. The number of aliphatic imine (C=N–C) groups is 1. The van der Waals surface area contributed by atoms with E-state index in [1.54, 1.807) is 24.1 Å².